The summed E-state index contributed by atoms with van der Waals surface area (Å²) in [4.78, 5) is 15.6. The second-order valence-electron chi connectivity index (χ2n) is 9.99. The maximum Gasteiger partial charge on any atom is 0.280 e. The van der Waals surface area contributed by atoms with E-state index in [1.54, 1.807) is 30.5 Å². The molecule has 2 saturated heterocycles. The molecule has 4 heterocycles. The second kappa shape index (κ2) is 13.1. The van der Waals surface area contributed by atoms with Gasteiger partial charge in [-0.05, 0) is 42.5 Å². The van der Waals surface area contributed by atoms with Crippen molar-refractivity contribution in [1.29, 1.82) is 0 Å². The van der Waals surface area contributed by atoms with Gasteiger partial charge in [0.05, 0.1) is 13.2 Å². The quantitative estimate of drug-likeness (QED) is 0.329. The predicted molar refractivity (Wildman–Crippen MR) is 158 cm³/mol. The Bertz CT molecular complexity index is 1430. The largest absolute Gasteiger partial charge is 0.493 e. The molecule has 11 nitrogen and oxygen atoms in total. The zero-order valence-corrected chi connectivity index (χ0v) is 25.0. The lowest BCUT2D eigenvalue weighted by Crippen LogP contribution is -2.34. The number of benzene rings is 1. The molecule has 0 aliphatic carbocycles. The number of aromatic nitrogens is 3. The van der Waals surface area contributed by atoms with Crippen LogP contribution in [0, 0.1) is 0 Å². The minimum Gasteiger partial charge on any atom is -0.493 e. The summed E-state index contributed by atoms with van der Waals surface area (Å²) >= 11 is 1.84. The lowest BCUT2D eigenvalue weighted by atomic mass is 10.1. The number of para-hydroxylation sites is 2. The molecule has 2 fully saturated rings. The molecule has 2 aliphatic heterocycles. The van der Waals surface area contributed by atoms with Crippen LogP contribution in [0.1, 0.15) is 38.2 Å². The van der Waals surface area contributed by atoms with Gasteiger partial charge in [-0.1, -0.05) is 32.0 Å². The fraction of sp³-hybridized carbons (Fsp3) is 0.464. The number of ether oxygens (including phenoxy) is 4. The van der Waals surface area contributed by atoms with E-state index >= 15 is 0 Å². The molecule has 2 aromatic heterocycles. The number of pyridine rings is 1. The van der Waals surface area contributed by atoms with Crippen LogP contribution in [0.25, 0.3) is 0 Å². The molecular weight excluding hydrogens is 566 g/mol. The number of hydrogen-bond donors (Lipinski definition) is 1. The van der Waals surface area contributed by atoms with Gasteiger partial charge in [-0.3, -0.25) is 4.72 Å². The van der Waals surface area contributed by atoms with E-state index in [1.807, 2.05) is 36.6 Å². The molecule has 0 bridgehead atoms. The number of thioether (sulfide) groups is 1. The number of nitrogens with one attached hydrogen (secondary N) is 1. The van der Waals surface area contributed by atoms with Crippen LogP contribution in [0.5, 0.6) is 23.1 Å². The van der Waals surface area contributed by atoms with Gasteiger partial charge in [0.2, 0.25) is 11.7 Å². The fourth-order valence-electron chi connectivity index (χ4n) is 4.41. The van der Waals surface area contributed by atoms with Crippen molar-refractivity contribution in [1.82, 2.24) is 15.0 Å². The third-order valence-electron chi connectivity index (χ3n) is 6.76. The summed E-state index contributed by atoms with van der Waals surface area (Å²) in [6.45, 7) is 6.38. The summed E-state index contributed by atoms with van der Waals surface area (Å²) in [5, 5.41) is -0.137. The van der Waals surface area contributed by atoms with E-state index in [4.69, 9.17) is 23.9 Å². The Labute approximate surface area is 245 Å². The smallest absolute Gasteiger partial charge is 0.280 e. The lowest BCUT2D eigenvalue weighted by Gasteiger charge is -2.27. The second-order valence-corrected chi connectivity index (χ2v) is 12.8. The average Bonchev–Trinajstić information content (AvgIpc) is 3.51. The van der Waals surface area contributed by atoms with E-state index in [0.717, 1.165) is 29.9 Å². The van der Waals surface area contributed by atoms with Crippen LogP contribution in [-0.2, 0) is 14.8 Å². The zero-order chi connectivity index (χ0) is 28.8. The highest BCUT2D eigenvalue weighted by Crippen LogP contribution is 2.42. The third kappa shape index (κ3) is 7.14. The molecule has 2 aliphatic rings. The van der Waals surface area contributed by atoms with Gasteiger partial charge in [0, 0.05) is 37.4 Å². The van der Waals surface area contributed by atoms with Gasteiger partial charge >= 0.3 is 0 Å². The van der Waals surface area contributed by atoms with E-state index in [-0.39, 0.29) is 41.1 Å². The summed E-state index contributed by atoms with van der Waals surface area (Å²) in [7, 11) is -2.62. The van der Waals surface area contributed by atoms with Gasteiger partial charge in [-0.15, -0.1) is 0 Å². The molecule has 220 valence electrons. The number of hydrogen-bond acceptors (Lipinski definition) is 11. The van der Waals surface area contributed by atoms with Gasteiger partial charge in [0.15, 0.2) is 22.3 Å². The highest BCUT2D eigenvalue weighted by atomic mass is 32.2. The molecule has 1 atom stereocenters. The van der Waals surface area contributed by atoms with Gasteiger partial charge in [0.25, 0.3) is 15.9 Å². The van der Waals surface area contributed by atoms with Crippen molar-refractivity contribution in [2.45, 2.75) is 43.7 Å². The maximum atomic E-state index is 13.6. The maximum absolute atomic E-state index is 13.6. The lowest BCUT2D eigenvalue weighted by molar-refractivity contribution is 0.0654. The van der Waals surface area contributed by atoms with E-state index < -0.39 is 10.0 Å². The minimum absolute atomic E-state index is 0.0185. The van der Waals surface area contributed by atoms with E-state index in [9.17, 15) is 8.42 Å². The number of methoxy groups -OCH3 is 1. The summed E-state index contributed by atoms with van der Waals surface area (Å²) < 4.78 is 53.4. The Morgan fingerprint density at radius 1 is 1.12 bits per heavy atom. The molecule has 0 saturated carbocycles. The average molecular weight is 602 g/mol. The predicted octanol–water partition coefficient (Wildman–Crippen LogP) is 4.71. The van der Waals surface area contributed by atoms with Crippen molar-refractivity contribution in [3.05, 3.63) is 48.2 Å². The standard InChI is InChI=1S/C28H35N5O6S2/c1-19(2)20-10-11-24(29-17-20)41(34,35)32-26-25(39-23-9-5-4-8-22(23)36-3)27(38-18-21-7-6-14-37-21)31-28(30-26)33-12-15-40-16-13-33/h4-5,8-11,17,19,21H,6-7,12-16,18H2,1-3H3,(H,30,31,32). The topological polar surface area (TPSA) is 125 Å². The SMILES string of the molecule is COc1ccccc1Oc1c(NS(=O)(=O)c2ccc(C(C)C)cn2)nc(N2CCSCC2)nc1OCC1CCCO1. The van der Waals surface area contributed by atoms with Crippen LogP contribution in [0.2, 0.25) is 0 Å². The molecule has 1 unspecified atom stereocenters. The first kappa shape index (κ1) is 29.2. The van der Waals surface area contributed by atoms with Crippen molar-refractivity contribution in [2.75, 3.05) is 54.5 Å². The molecule has 5 rings (SSSR count). The molecule has 0 radical (unpaired) electrons. The summed E-state index contributed by atoms with van der Waals surface area (Å²) in [5.41, 5.74) is 0.932. The molecular formula is C28H35N5O6S2. The first-order valence-corrected chi connectivity index (χ1v) is 16.3. The highest BCUT2D eigenvalue weighted by molar-refractivity contribution is 7.99. The molecule has 41 heavy (non-hydrogen) atoms. The zero-order valence-electron chi connectivity index (χ0n) is 23.4. The number of sulfonamides is 1. The summed E-state index contributed by atoms with van der Waals surface area (Å²) in [6, 6.07) is 10.3. The Morgan fingerprint density at radius 3 is 2.56 bits per heavy atom. The molecule has 1 aromatic carbocycles. The Hall–Kier alpha value is -3.29. The number of rotatable bonds is 11. The van der Waals surface area contributed by atoms with Gasteiger partial charge < -0.3 is 23.8 Å². The normalized spacial score (nSPS) is 17.5. The molecule has 0 amide bonds. The molecule has 1 N–H and O–H groups in total. The number of anilines is 2. The van der Waals surface area contributed by atoms with Crippen LogP contribution in [0.4, 0.5) is 11.8 Å². The summed E-state index contributed by atoms with van der Waals surface area (Å²) in [5.74, 6) is 3.24. The third-order valence-corrected chi connectivity index (χ3v) is 8.96. The number of nitrogens with zero attached hydrogens (tertiary/aromatic N) is 4. The van der Waals surface area contributed by atoms with Crippen LogP contribution in [0.15, 0.2) is 47.6 Å². The van der Waals surface area contributed by atoms with Crippen molar-refractivity contribution in [2.24, 2.45) is 0 Å². The van der Waals surface area contributed by atoms with Crippen LogP contribution < -0.4 is 23.8 Å². The van der Waals surface area contributed by atoms with Crippen molar-refractivity contribution >= 4 is 33.6 Å². The van der Waals surface area contributed by atoms with Crippen molar-refractivity contribution in [3.8, 4) is 23.1 Å². The van der Waals surface area contributed by atoms with Crippen molar-refractivity contribution in [3.63, 3.8) is 0 Å². The first-order chi connectivity index (χ1) is 19.8. The van der Waals surface area contributed by atoms with E-state index in [0.29, 0.717) is 37.1 Å². The van der Waals surface area contributed by atoms with E-state index in [1.165, 1.54) is 13.2 Å². The highest BCUT2D eigenvalue weighted by Gasteiger charge is 2.28. The Kier molecular flexibility index (Phi) is 9.35. The molecule has 3 aromatic rings. The monoisotopic (exact) mass is 601 g/mol. The Morgan fingerprint density at radius 2 is 1.90 bits per heavy atom. The Balaban J connectivity index is 1.58. The van der Waals surface area contributed by atoms with Gasteiger partial charge in [-0.25, -0.2) is 4.98 Å². The first-order valence-electron chi connectivity index (χ1n) is 13.6. The van der Waals surface area contributed by atoms with Crippen LogP contribution >= 0.6 is 11.8 Å². The van der Waals surface area contributed by atoms with E-state index in [2.05, 4.69) is 14.7 Å². The molecule has 0 spiro atoms. The van der Waals surface area contributed by atoms with Crippen LogP contribution in [-0.4, -0.2) is 74.4 Å². The fourth-order valence-corrected chi connectivity index (χ4v) is 6.25. The van der Waals surface area contributed by atoms with Gasteiger partial charge in [0.1, 0.15) is 6.61 Å². The molecule has 13 heteroatoms. The summed E-state index contributed by atoms with van der Waals surface area (Å²) in [6.07, 6.45) is 3.29. The van der Waals surface area contributed by atoms with Crippen molar-refractivity contribution < 1.29 is 27.4 Å². The minimum atomic E-state index is -4.15. The van der Waals surface area contributed by atoms with Gasteiger partial charge in [-0.2, -0.15) is 30.1 Å². The van der Waals surface area contributed by atoms with Crippen LogP contribution in [0.3, 0.4) is 0 Å².